The Hall–Kier alpha value is -3.07. The molecule has 0 radical (unpaired) electrons. The van der Waals surface area contributed by atoms with Crippen molar-refractivity contribution in [1.29, 1.82) is 0 Å². The molecule has 3 aromatic rings. The largest absolute Gasteiger partial charge is 0.496 e. The highest BCUT2D eigenvalue weighted by Gasteiger charge is 2.15. The number of rotatable bonds is 6. The third-order valence-corrected chi connectivity index (χ3v) is 4.54. The molecular weight excluding hydrogens is 342 g/mol. The van der Waals surface area contributed by atoms with Crippen molar-refractivity contribution in [1.82, 2.24) is 14.9 Å². The van der Waals surface area contributed by atoms with Crippen LogP contribution in [0.5, 0.6) is 5.75 Å². The topological polar surface area (TPSA) is 109 Å². The number of nitrogens with zero attached hydrogens (tertiary/aromatic N) is 4. The lowest BCUT2D eigenvalue weighted by Crippen LogP contribution is -2.12. The minimum atomic E-state index is -0.424. The van der Waals surface area contributed by atoms with Crippen LogP contribution in [0.3, 0.4) is 0 Å². The van der Waals surface area contributed by atoms with Gasteiger partial charge in [0.15, 0.2) is 5.82 Å². The third kappa shape index (κ3) is 3.56. The van der Waals surface area contributed by atoms with Crippen LogP contribution in [0.4, 0.5) is 5.69 Å². The number of ether oxygens (including phenoxy) is 1. The molecule has 3 rings (SSSR count). The zero-order chi connectivity index (χ0) is 17.8. The molecule has 0 aliphatic carbocycles. The molecule has 9 heteroatoms. The second-order valence-electron chi connectivity index (χ2n) is 5.09. The van der Waals surface area contributed by atoms with Gasteiger partial charge in [-0.15, -0.1) is 10.2 Å². The summed E-state index contributed by atoms with van der Waals surface area (Å²) in [5.41, 5.74) is 1.74. The van der Waals surface area contributed by atoms with E-state index >= 15 is 0 Å². The first-order valence-electron chi connectivity index (χ1n) is 7.30. The molecule has 0 amide bonds. The number of aromatic nitrogens is 3. The standard InChI is InChI=1S/C16H15N5O3S/c1-24-14-5-3-2-4-13(14)15-18-19-16(20(15)17)25-10-11-6-8-12(9-7-11)21(22)23/h2-9H,10,17H2,1H3. The number of benzene rings is 2. The Morgan fingerprint density at radius 3 is 2.60 bits per heavy atom. The summed E-state index contributed by atoms with van der Waals surface area (Å²) < 4.78 is 6.74. The molecule has 0 fully saturated rings. The van der Waals surface area contributed by atoms with Crippen molar-refractivity contribution >= 4 is 17.4 Å². The Balaban J connectivity index is 1.76. The summed E-state index contributed by atoms with van der Waals surface area (Å²) in [5, 5.41) is 19.5. The molecule has 128 valence electrons. The van der Waals surface area contributed by atoms with Gasteiger partial charge in [0, 0.05) is 17.9 Å². The Morgan fingerprint density at radius 2 is 1.92 bits per heavy atom. The molecule has 0 saturated carbocycles. The summed E-state index contributed by atoms with van der Waals surface area (Å²) in [7, 11) is 1.58. The van der Waals surface area contributed by atoms with Crippen molar-refractivity contribution in [2.75, 3.05) is 13.0 Å². The smallest absolute Gasteiger partial charge is 0.269 e. The molecule has 8 nitrogen and oxygen atoms in total. The summed E-state index contributed by atoms with van der Waals surface area (Å²) in [6.45, 7) is 0. The van der Waals surface area contributed by atoms with Crippen LogP contribution in [0.2, 0.25) is 0 Å². The lowest BCUT2D eigenvalue weighted by molar-refractivity contribution is -0.384. The maximum atomic E-state index is 10.7. The fourth-order valence-corrected chi connectivity index (χ4v) is 3.06. The van der Waals surface area contributed by atoms with E-state index in [1.54, 1.807) is 19.2 Å². The highest BCUT2D eigenvalue weighted by atomic mass is 32.2. The maximum Gasteiger partial charge on any atom is 0.269 e. The van der Waals surface area contributed by atoms with E-state index in [0.717, 1.165) is 11.1 Å². The molecule has 0 unspecified atom stereocenters. The summed E-state index contributed by atoms with van der Waals surface area (Å²) in [6, 6.07) is 13.8. The van der Waals surface area contributed by atoms with E-state index in [1.165, 1.54) is 28.6 Å². The number of thioether (sulfide) groups is 1. The van der Waals surface area contributed by atoms with Crippen LogP contribution in [0, 0.1) is 10.1 Å². The average Bonchev–Trinajstić information content (AvgIpc) is 3.00. The second-order valence-corrected chi connectivity index (χ2v) is 6.03. The van der Waals surface area contributed by atoms with E-state index < -0.39 is 4.92 Å². The Kier molecular flexibility index (Phi) is 4.85. The first-order valence-corrected chi connectivity index (χ1v) is 8.28. The van der Waals surface area contributed by atoms with Gasteiger partial charge in [-0.3, -0.25) is 10.1 Å². The number of para-hydroxylation sites is 1. The lowest BCUT2D eigenvalue weighted by atomic mass is 10.2. The second kappa shape index (κ2) is 7.22. The SMILES string of the molecule is COc1ccccc1-c1nnc(SCc2ccc([N+](=O)[O-])cc2)n1N. The zero-order valence-electron chi connectivity index (χ0n) is 13.3. The van der Waals surface area contributed by atoms with Gasteiger partial charge in [0.1, 0.15) is 5.75 Å². The van der Waals surface area contributed by atoms with Crippen LogP contribution in [-0.4, -0.2) is 26.9 Å². The van der Waals surface area contributed by atoms with E-state index in [4.69, 9.17) is 10.6 Å². The monoisotopic (exact) mass is 357 g/mol. The van der Waals surface area contributed by atoms with Crippen LogP contribution in [0.1, 0.15) is 5.56 Å². The van der Waals surface area contributed by atoms with Crippen molar-refractivity contribution in [3.05, 3.63) is 64.2 Å². The maximum absolute atomic E-state index is 10.7. The molecule has 0 bridgehead atoms. The van der Waals surface area contributed by atoms with Crippen LogP contribution in [0.25, 0.3) is 11.4 Å². The fraction of sp³-hybridized carbons (Fsp3) is 0.125. The zero-order valence-corrected chi connectivity index (χ0v) is 14.1. The molecule has 2 N–H and O–H groups in total. The van der Waals surface area contributed by atoms with Gasteiger partial charge < -0.3 is 10.6 Å². The number of nitro benzene ring substituents is 1. The molecule has 2 aromatic carbocycles. The minimum absolute atomic E-state index is 0.0641. The fourth-order valence-electron chi connectivity index (χ4n) is 2.25. The number of nitrogen functional groups attached to an aromatic ring is 1. The summed E-state index contributed by atoms with van der Waals surface area (Å²) >= 11 is 1.40. The number of nitrogens with two attached hydrogens (primary N) is 1. The van der Waals surface area contributed by atoms with Gasteiger partial charge in [-0.1, -0.05) is 36.0 Å². The first-order chi connectivity index (χ1) is 12.1. The molecule has 1 aromatic heterocycles. The number of hydrogen-bond acceptors (Lipinski definition) is 7. The van der Waals surface area contributed by atoms with E-state index in [0.29, 0.717) is 22.5 Å². The third-order valence-electron chi connectivity index (χ3n) is 3.53. The summed E-state index contributed by atoms with van der Waals surface area (Å²) in [4.78, 5) is 10.3. The molecule has 25 heavy (non-hydrogen) atoms. The molecule has 0 spiro atoms. The molecule has 0 aliphatic heterocycles. The quantitative estimate of drug-likeness (QED) is 0.313. The van der Waals surface area contributed by atoms with Crippen molar-refractivity contribution in [2.24, 2.45) is 0 Å². The predicted octanol–water partition coefficient (Wildman–Crippen LogP) is 2.87. The van der Waals surface area contributed by atoms with Crippen molar-refractivity contribution in [3.8, 4) is 17.1 Å². The number of methoxy groups -OCH3 is 1. The summed E-state index contributed by atoms with van der Waals surface area (Å²) in [5.74, 6) is 7.85. The van der Waals surface area contributed by atoms with Gasteiger partial charge in [-0.25, -0.2) is 4.68 Å². The van der Waals surface area contributed by atoms with Crippen LogP contribution in [-0.2, 0) is 5.75 Å². The predicted molar refractivity (Wildman–Crippen MR) is 94.8 cm³/mol. The van der Waals surface area contributed by atoms with Gasteiger partial charge >= 0.3 is 0 Å². The highest BCUT2D eigenvalue weighted by molar-refractivity contribution is 7.98. The van der Waals surface area contributed by atoms with Gasteiger partial charge in [-0.05, 0) is 17.7 Å². The van der Waals surface area contributed by atoms with E-state index in [9.17, 15) is 10.1 Å². The lowest BCUT2D eigenvalue weighted by Gasteiger charge is -2.07. The highest BCUT2D eigenvalue weighted by Crippen LogP contribution is 2.30. The number of hydrogen-bond donors (Lipinski definition) is 1. The Morgan fingerprint density at radius 1 is 1.20 bits per heavy atom. The van der Waals surface area contributed by atoms with E-state index in [1.807, 2.05) is 24.3 Å². The van der Waals surface area contributed by atoms with Crippen molar-refractivity contribution in [2.45, 2.75) is 10.9 Å². The van der Waals surface area contributed by atoms with Gasteiger partial charge in [0.05, 0.1) is 17.6 Å². The van der Waals surface area contributed by atoms with Crippen LogP contribution >= 0.6 is 11.8 Å². The van der Waals surface area contributed by atoms with Crippen molar-refractivity contribution < 1.29 is 9.66 Å². The van der Waals surface area contributed by atoms with Gasteiger partial charge in [-0.2, -0.15) is 0 Å². The minimum Gasteiger partial charge on any atom is -0.496 e. The van der Waals surface area contributed by atoms with Crippen LogP contribution in [0.15, 0.2) is 53.7 Å². The summed E-state index contributed by atoms with van der Waals surface area (Å²) in [6.07, 6.45) is 0. The van der Waals surface area contributed by atoms with Gasteiger partial charge in [0.25, 0.3) is 5.69 Å². The molecule has 0 aliphatic rings. The Labute approximate surface area is 147 Å². The number of nitro groups is 1. The molecule has 0 atom stereocenters. The normalized spacial score (nSPS) is 10.6. The van der Waals surface area contributed by atoms with Crippen molar-refractivity contribution in [3.63, 3.8) is 0 Å². The Bertz CT molecular complexity index is 895. The van der Waals surface area contributed by atoms with E-state index in [-0.39, 0.29) is 5.69 Å². The molecule has 1 heterocycles. The molecule has 0 saturated heterocycles. The first kappa shape index (κ1) is 16.8. The van der Waals surface area contributed by atoms with Crippen LogP contribution < -0.4 is 10.6 Å². The van der Waals surface area contributed by atoms with E-state index in [2.05, 4.69) is 10.2 Å². The molecular formula is C16H15N5O3S. The number of non-ortho nitro benzene ring substituents is 1. The van der Waals surface area contributed by atoms with Gasteiger partial charge in [0.2, 0.25) is 5.16 Å². The average molecular weight is 357 g/mol.